The summed E-state index contributed by atoms with van der Waals surface area (Å²) in [5.74, 6) is -0.163. The second kappa shape index (κ2) is 7.33. The molecule has 0 bridgehead atoms. The number of hydrogen-bond donors (Lipinski definition) is 0. The monoisotopic (exact) mass is 310 g/mol. The van der Waals surface area contributed by atoms with E-state index >= 15 is 0 Å². The van der Waals surface area contributed by atoms with Gasteiger partial charge in [-0.15, -0.1) is 11.6 Å². The Balaban J connectivity index is 3.61. The number of hydrogen-bond acceptors (Lipinski definition) is 2. The fraction of sp³-hybridized carbons (Fsp3) is 0.750. The van der Waals surface area contributed by atoms with Crippen LogP contribution in [0.3, 0.4) is 0 Å². The zero-order valence-electron chi connectivity index (χ0n) is 10.2. The molecular formula is C12H20BrClO2. The van der Waals surface area contributed by atoms with E-state index in [1.807, 2.05) is 20.8 Å². The van der Waals surface area contributed by atoms with E-state index in [1.54, 1.807) is 0 Å². The van der Waals surface area contributed by atoms with Gasteiger partial charge in [-0.3, -0.25) is 4.79 Å². The molecule has 0 aliphatic heterocycles. The molecule has 0 heterocycles. The summed E-state index contributed by atoms with van der Waals surface area (Å²) in [6.45, 7) is 9.69. The maximum absolute atomic E-state index is 11.4. The molecule has 0 spiro atoms. The summed E-state index contributed by atoms with van der Waals surface area (Å²) in [4.78, 5) is 11.4. The highest BCUT2D eigenvalue weighted by Crippen LogP contribution is 2.19. The van der Waals surface area contributed by atoms with Crippen molar-refractivity contribution in [2.24, 2.45) is 5.41 Å². The Hall–Kier alpha value is -0.0200. The van der Waals surface area contributed by atoms with E-state index in [0.29, 0.717) is 6.61 Å². The van der Waals surface area contributed by atoms with Gasteiger partial charge >= 0.3 is 5.97 Å². The van der Waals surface area contributed by atoms with Gasteiger partial charge in [-0.05, 0) is 44.5 Å². The standard InChI is InChI=1S/C12H20BrClO2/c1-9(13)8-10(14)6-5-7-16-11(15)12(2,3)4/h10H,1,5-8H2,2-4H3. The lowest BCUT2D eigenvalue weighted by molar-refractivity contribution is -0.153. The molecule has 0 N–H and O–H groups in total. The summed E-state index contributed by atoms with van der Waals surface area (Å²) >= 11 is 9.32. The lowest BCUT2D eigenvalue weighted by Gasteiger charge is -2.16. The van der Waals surface area contributed by atoms with Gasteiger partial charge in [-0.1, -0.05) is 22.5 Å². The number of alkyl halides is 1. The molecule has 0 aliphatic carbocycles. The van der Waals surface area contributed by atoms with E-state index < -0.39 is 5.41 Å². The quantitative estimate of drug-likeness (QED) is 0.416. The third-order valence-electron chi connectivity index (χ3n) is 1.95. The van der Waals surface area contributed by atoms with Crippen LogP contribution in [0.1, 0.15) is 40.0 Å². The fourth-order valence-corrected chi connectivity index (χ4v) is 1.95. The zero-order chi connectivity index (χ0) is 12.8. The van der Waals surface area contributed by atoms with Crippen molar-refractivity contribution < 1.29 is 9.53 Å². The first kappa shape index (κ1) is 16.0. The minimum atomic E-state index is -0.426. The molecule has 1 unspecified atom stereocenters. The van der Waals surface area contributed by atoms with Crippen LogP contribution in [0, 0.1) is 5.41 Å². The predicted octanol–water partition coefficient (Wildman–Crippen LogP) is 4.26. The number of esters is 1. The Labute approximate surface area is 112 Å². The second-order valence-electron chi connectivity index (χ2n) is 4.85. The number of ether oxygens (including phenoxy) is 1. The van der Waals surface area contributed by atoms with E-state index in [4.69, 9.17) is 16.3 Å². The highest BCUT2D eigenvalue weighted by molar-refractivity contribution is 9.11. The molecule has 4 heteroatoms. The van der Waals surface area contributed by atoms with Crippen molar-refractivity contribution in [3.05, 3.63) is 11.1 Å². The van der Waals surface area contributed by atoms with Crippen LogP contribution in [0.5, 0.6) is 0 Å². The third-order valence-corrected chi connectivity index (χ3v) is 2.65. The summed E-state index contributed by atoms with van der Waals surface area (Å²) < 4.78 is 6.03. The highest BCUT2D eigenvalue weighted by Gasteiger charge is 2.22. The van der Waals surface area contributed by atoms with Crippen molar-refractivity contribution in [3.63, 3.8) is 0 Å². The summed E-state index contributed by atoms with van der Waals surface area (Å²) in [6, 6.07) is 0. The fourth-order valence-electron chi connectivity index (χ4n) is 1.03. The number of carbonyl (C=O) groups excluding carboxylic acids is 1. The summed E-state index contributed by atoms with van der Waals surface area (Å²) in [6.07, 6.45) is 2.36. The Morgan fingerprint density at radius 2 is 2.06 bits per heavy atom. The SMILES string of the molecule is C=C(Br)CC(Cl)CCCOC(=O)C(C)(C)C. The summed E-state index contributed by atoms with van der Waals surface area (Å²) in [7, 11) is 0. The molecule has 0 fully saturated rings. The maximum Gasteiger partial charge on any atom is 0.311 e. The third kappa shape index (κ3) is 8.17. The van der Waals surface area contributed by atoms with Crippen molar-refractivity contribution >= 4 is 33.5 Å². The van der Waals surface area contributed by atoms with Gasteiger partial charge in [0.05, 0.1) is 12.0 Å². The normalized spacial score (nSPS) is 13.3. The van der Waals surface area contributed by atoms with Gasteiger partial charge in [-0.2, -0.15) is 0 Å². The molecule has 0 saturated heterocycles. The molecular weight excluding hydrogens is 291 g/mol. The van der Waals surface area contributed by atoms with Crippen molar-refractivity contribution in [1.82, 2.24) is 0 Å². The Bertz CT molecular complexity index is 246. The van der Waals surface area contributed by atoms with Gasteiger partial charge < -0.3 is 4.74 Å². The molecule has 94 valence electrons. The van der Waals surface area contributed by atoms with Gasteiger partial charge in [0.2, 0.25) is 0 Å². The average Bonchev–Trinajstić information content (AvgIpc) is 2.09. The zero-order valence-corrected chi connectivity index (χ0v) is 12.5. The average molecular weight is 312 g/mol. The van der Waals surface area contributed by atoms with Crippen LogP contribution in [0.25, 0.3) is 0 Å². The van der Waals surface area contributed by atoms with Gasteiger partial charge in [0.1, 0.15) is 0 Å². The van der Waals surface area contributed by atoms with Gasteiger partial charge in [-0.25, -0.2) is 0 Å². The first-order chi connectivity index (χ1) is 7.23. The lowest BCUT2D eigenvalue weighted by atomic mass is 9.97. The van der Waals surface area contributed by atoms with Crippen LogP contribution in [0.15, 0.2) is 11.1 Å². The predicted molar refractivity (Wildman–Crippen MR) is 72.0 cm³/mol. The Kier molecular flexibility index (Phi) is 7.32. The summed E-state index contributed by atoms with van der Waals surface area (Å²) in [5.41, 5.74) is -0.426. The Morgan fingerprint density at radius 1 is 1.50 bits per heavy atom. The van der Waals surface area contributed by atoms with Gasteiger partial charge in [0.25, 0.3) is 0 Å². The number of rotatable bonds is 6. The molecule has 0 amide bonds. The van der Waals surface area contributed by atoms with Crippen LogP contribution in [-0.4, -0.2) is 18.0 Å². The van der Waals surface area contributed by atoms with E-state index in [2.05, 4.69) is 22.5 Å². The van der Waals surface area contributed by atoms with Gasteiger partial charge in [0, 0.05) is 5.38 Å². The van der Waals surface area contributed by atoms with Crippen LogP contribution >= 0.6 is 27.5 Å². The van der Waals surface area contributed by atoms with Crippen LogP contribution in [0.2, 0.25) is 0 Å². The number of halogens is 2. The first-order valence-corrected chi connectivity index (χ1v) is 6.61. The van der Waals surface area contributed by atoms with Crippen LogP contribution in [0.4, 0.5) is 0 Å². The molecule has 0 aromatic carbocycles. The molecule has 2 nitrogen and oxygen atoms in total. The molecule has 0 radical (unpaired) electrons. The van der Waals surface area contributed by atoms with Crippen LogP contribution < -0.4 is 0 Å². The van der Waals surface area contributed by atoms with Gasteiger partial charge in [0.15, 0.2) is 0 Å². The molecule has 1 atom stereocenters. The molecule has 16 heavy (non-hydrogen) atoms. The van der Waals surface area contributed by atoms with E-state index in [-0.39, 0.29) is 11.3 Å². The molecule has 0 aliphatic rings. The lowest BCUT2D eigenvalue weighted by Crippen LogP contribution is -2.23. The highest BCUT2D eigenvalue weighted by atomic mass is 79.9. The van der Waals surface area contributed by atoms with E-state index in [9.17, 15) is 4.79 Å². The number of allylic oxidation sites excluding steroid dienone is 1. The largest absolute Gasteiger partial charge is 0.465 e. The van der Waals surface area contributed by atoms with Crippen molar-refractivity contribution in [2.45, 2.75) is 45.4 Å². The molecule has 0 rings (SSSR count). The second-order valence-corrected chi connectivity index (χ2v) is 6.59. The smallest absolute Gasteiger partial charge is 0.311 e. The van der Waals surface area contributed by atoms with Crippen molar-refractivity contribution in [1.29, 1.82) is 0 Å². The van der Waals surface area contributed by atoms with E-state index in [0.717, 1.165) is 23.7 Å². The minimum Gasteiger partial charge on any atom is -0.465 e. The van der Waals surface area contributed by atoms with Crippen molar-refractivity contribution in [3.8, 4) is 0 Å². The molecule has 0 aromatic rings. The van der Waals surface area contributed by atoms with E-state index in [1.165, 1.54) is 0 Å². The minimum absolute atomic E-state index is 0.0558. The molecule has 0 saturated carbocycles. The summed E-state index contributed by atoms with van der Waals surface area (Å²) in [5, 5.41) is 0.0558. The first-order valence-electron chi connectivity index (χ1n) is 5.38. The van der Waals surface area contributed by atoms with Crippen molar-refractivity contribution in [2.75, 3.05) is 6.61 Å². The Morgan fingerprint density at radius 3 is 2.50 bits per heavy atom. The molecule has 0 aromatic heterocycles. The topological polar surface area (TPSA) is 26.3 Å². The maximum atomic E-state index is 11.4. The van der Waals surface area contributed by atoms with Crippen LogP contribution in [-0.2, 0) is 9.53 Å². The number of carbonyl (C=O) groups is 1.